The van der Waals surface area contributed by atoms with Crippen molar-refractivity contribution in [2.75, 3.05) is 11.4 Å². The third-order valence-electron chi connectivity index (χ3n) is 4.24. The van der Waals surface area contributed by atoms with Gasteiger partial charge in [0.2, 0.25) is 17.7 Å². The summed E-state index contributed by atoms with van der Waals surface area (Å²) in [5.74, 6) is -1.37. The van der Waals surface area contributed by atoms with E-state index in [0.29, 0.717) is 5.02 Å². The van der Waals surface area contributed by atoms with Crippen LogP contribution in [0.3, 0.4) is 0 Å². The molecule has 0 bridgehead atoms. The molecule has 2 N–H and O–H groups in total. The van der Waals surface area contributed by atoms with Gasteiger partial charge in [0.05, 0.1) is 12.3 Å². The first-order chi connectivity index (χ1) is 12.9. The van der Waals surface area contributed by atoms with Crippen LogP contribution in [0.25, 0.3) is 0 Å². The SMILES string of the molecule is O=C(Cc1ccc(Cl)cc1)NNC(=O)C1CC(=O)N(c2ccc(Br)cc2)C1. The van der Waals surface area contributed by atoms with Gasteiger partial charge < -0.3 is 4.90 Å². The summed E-state index contributed by atoms with van der Waals surface area (Å²) in [5, 5.41) is 0.591. The van der Waals surface area contributed by atoms with Crippen LogP contribution in [0.5, 0.6) is 0 Å². The number of anilines is 1. The molecule has 1 unspecified atom stereocenters. The highest BCUT2D eigenvalue weighted by Gasteiger charge is 2.35. The minimum atomic E-state index is -0.517. The van der Waals surface area contributed by atoms with Crippen molar-refractivity contribution in [1.82, 2.24) is 10.9 Å². The number of hydrogen-bond donors (Lipinski definition) is 2. The van der Waals surface area contributed by atoms with Gasteiger partial charge in [0, 0.05) is 28.1 Å². The van der Waals surface area contributed by atoms with Crippen LogP contribution >= 0.6 is 27.5 Å². The molecule has 1 atom stereocenters. The summed E-state index contributed by atoms with van der Waals surface area (Å²) >= 11 is 9.16. The summed E-state index contributed by atoms with van der Waals surface area (Å²) in [5.41, 5.74) is 6.32. The van der Waals surface area contributed by atoms with E-state index in [1.165, 1.54) is 0 Å². The molecule has 0 aromatic heterocycles. The fourth-order valence-electron chi connectivity index (χ4n) is 2.82. The number of carbonyl (C=O) groups excluding carboxylic acids is 3. The van der Waals surface area contributed by atoms with Gasteiger partial charge in [-0.2, -0.15) is 0 Å². The minimum absolute atomic E-state index is 0.106. The summed E-state index contributed by atoms with van der Waals surface area (Å²) in [7, 11) is 0. The third kappa shape index (κ3) is 5.08. The molecule has 0 spiro atoms. The Hall–Kier alpha value is -2.38. The number of hydrazine groups is 1. The lowest BCUT2D eigenvalue weighted by Gasteiger charge is -2.17. The lowest BCUT2D eigenvalue weighted by atomic mass is 10.1. The Balaban J connectivity index is 1.51. The molecule has 0 saturated carbocycles. The molecule has 1 fully saturated rings. The fourth-order valence-corrected chi connectivity index (χ4v) is 3.21. The first kappa shape index (κ1) is 19.4. The molecule has 1 aliphatic rings. The van der Waals surface area contributed by atoms with Gasteiger partial charge in [0.25, 0.3) is 0 Å². The molecule has 2 aromatic carbocycles. The maximum absolute atomic E-state index is 12.3. The summed E-state index contributed by atoms with van der Waals surface area (Å²) < 4.78 is 0.913. The lowest BCUT2D eigenvalue weighted by Crippen LogP contribution is -2.45. The van der Waals surface area contributed by atoms with Gasteiger partial charge >= 0.3 is 0 Å². The average Bonchev–Trinajstić information content (AvgIpc) is 3.04. The van der Waals surface area contributed by atoms with Gasteiger partial charge in [-0.25, -0.2) is 0 Å². The predicted molar refractivity (Wildman–Crippen MR) is 106 cm³/mol. The fraction of sp³-hybridized carbons (Fsp3) is 0.211. The molecule has 6 nitrogen and oxygen atoms in total. The number of amides is 3. The van der Waals surface area contributed by atoms with E-state index in [4.69, 9.17) is 11.6 Å². The summed E-state index contributed by atoms with van der Waals surface area (Å²) in [6, 6.07) is 14.2. The van der Waals surface area contributed by atoms with Crippen LogP contribution in [0.2, 0.25) is 5.02 Å². The second kappa shape index (κ2) is 8.54. The van der Waals surface area contributed by atoms with Crippen molar-refractivity contribution in [3.05, 3.63) is 63.6 Å². The number of nitrogens with zero attached hydrogens (tertiary/aromatic N) is 1. The second-order valence-electron chi connectivity index (χ2n) is 6.22. The maximum Gasteiger partial charge on any atom is 0.243 e. The van der Waals surface area contributed by atoms with Crippen molar-refractivity contribution >= 4 is 50.9 Å². The Morgan fingerprint density at radius 3 is 2.41 bits per heavy atom. The van der Waals surface area contributed by atoms with Crippen molar-refractivity contribution in [2.24, 2.45) is 5.92 Å². The van der Waals surface area contributed by atoms with Crippen LogP contribution in [0.4, 0.5) is 5.69 Å². The molecule has 140 valence electrons. The third-order valence-corrected chi connectivity index (χ3v) is 5.02. The van der Waals surface area contributed by atoms with Gasteiger partial charge in [-0.1, -0.05) is 39.7 Å². The smallest absolute Gasteiger partial charge is 0.243 e. The van der Waals surface area contributed by atoms with Crippen molar-refractivity contribution in [1.29, 1.82) is 0 Å². The van der Waals surface area contributed by atoms with E-state index >= 15 is 0 Å². The topological polar surface area (TPSA) is 78.5 Å². The van der Waals surface area contributed by atoms with Crippen LogP contribution in [0.1, 0.15) is 12.0 Å². The van der Waals surface area contributed by atoms with E-state index in [9.17, 15) is 14.4 Å². The van der Waals surface area contributed by atoms with E-state index in [-0.39, 0.29) is 37.1 Å². The van der Waals surface area contributed by atoms with Crippen molar-refractivity contribution in [2.45, 2.75) is 12.8 Å². The number of benzene rings is 2. The van der Waals surface area contributed by atoms with Gasteiger partial charge in [0.15, 0.2) is 0 Å². The Labute approximate surface area is 170 Å². The molecular formula is C19H17BrClN3O3. The summed E-state index contributed by atoms with van der Waals surface area (Å²) in [6.45, 7) is 0.277. The molecule has 0 aliphatic carbocycles. The standard InChI is InChI=1S/C19H17BrClN3O3/c20-14-3-7-16(8-4-14)24-11-13(10-18(24)26)19(27)23-22-17(25)9-12-1-5-15(21)6-2-12/h1-8,13H,9-11H2,(H,22,25)(H,23,27). The number of carbonyl (C=O) groups is 3. The number of nitrogens with one attached hydrogen (secondary N) is 2. The van der Waals surface area contributed by atoms with Gasteiger partial charge in [-0.15, -0.1) is 0 Å². The number of halogens is 2. The van der Waals surface area contributed by atoms with Crippen molar-refractivity contribution in [3.8, 4) is 0 Å². The van der Waals surface area contributed by atoms with Crippen LogP contribution < -0.4 is 15.8 Å². The quantitative estimate of drug-likeness (QED) is 0.703. The molecule has 1 aliphatic heterocycles. The number of hydrogen-bond acceptors (Lipinski definition) is 3. The highest BCUT2D eigenvalue weighted by molar-refractivity contribution is 9.10. The van der Waals surface area contributed by atoms with Crippen LogP contribution in [-0.2, 0) is 20.8 Å². The minimum Gasteiger partial charge on any atom is -0.312 e. The molecule has 0 radical (unpaired) electrons. The normalized spacial score (nSPS) is 16.3. The molecule has 3 rings (SSSR count). The molecule has 2 aromatic rings. The first-order valence-corrected chi connectivity index (χ1v) is 9.48. The van der Waals surface area contributed by atoms with Gasteiger partial charge in [-0.05, 0) is 42.0 Å². The summed E-state index contributed by atoms with van der Waals surface area (Å²) in [6.07, 6.45) is 0.223. The average molecular weight is 451 g/mol. The van der Waals surface area contributed by atoms with Crippen LogP contribution in [0, 0.1) is 5.92 Å². The molecule has 27 heavy (non-hydrogen) atoms. The molecule has 8 heteroatoms. The molecule has 3 amide bonds. The van der Waals surface area contributed by atoms with Crippen LogP contribution in [0.15, 0.2) is 53.0 Å². The second-order valence-corrected chi connectivity index (χ2v) is 7.57. The van der Waals surface area contributed by atoms with E-state index in [2.05, 4.69) is 26.8 Å². The van der Waals surface area contributed by atoms with Crippen LogP contribution in [-0.4, -0.2) is 24.3 Å². The maximum atomic E-state index is 12.3. The lowest BCUT2D eigenvalue weighted by molar-refractivity contribution is -0.131. The largest absolute Gasteiger partial charge is 0.312 e. The van der Waals surface area contributed by atoms with E-state index < -0.39 is 5.92 Å². The van der Waals surface area contributed by atoms with Crippen molar-refractivity contribution < 1.29 is 14.4 Å². The predicted octanol–water partition coefficient (Wildman–Crippen LogP) is 2.85. The molecular weight excluding hydrogens is 434 g/mol. The van der Waals surface area contributed by atoms with E-state index in [1.807, 2.05) is 24.3 Å². The zero-order chi connectivity index (χ0) is 19.4. The van der Waals surface area contributed by atoms with E-state index in [0.717, 1.165) is 15.7 Å². The van der Waals surface area contributed by atoms with E-state index in [1.54, 1.807) is 29.2 Å². The van der Waals surface area contributed by atoms with Crippen molar-refractivity contribution in [3.63, 3.8) is 0 Å². The summed E-state index contributed by atoms with van der Waals surface area (Å²) in [4.78, 5) is 38.0. The Morgan fingerprint density at radius 2 is 1.74 bits per heavy atom. The molecule has 1 heterocycles. The Kier molecular flexibility index (Phi) is 6.13. The zero-order valence-corrected chi connectivity index (χ0v) is 16.6. The first-order valence-electron chi connectivity index (χ1n) is 8.31. The zero-order valence-electron chi connectivity index (χ0n) is 14.2. The highest BCUT2D eigenvalue weighted by atomic mass is 79.9. The molecule has 1 saturated heterocycles. The Bertz CT molecular complexity index is 856. The van der Waals surface area contributed by atoms with Gasteiger partial charge in [-0.3, -0.25) is 25.2 Å². The Morgan fingerprint density at radius 1 is 1.07 bits per heavy atom. The number of rotatable bonds is 4. The monoisotopic (exact) mass is 449 g/mol. The van der Waals surface area contributed by atoms with Gasteiger partial charge in [0.1, 0.15) is 0 Å². The highest BCUT2D eigenvalue weighted by Crippen LogP contribution is 2.26.